The molecule has 5 heteroatoms. The lowest BCUT2D eigenvalue weighted by atomic mass is 10.2. The van der Waals surface area contributed by atoms with E-state index in [2.05, 4.69) is 9.97 Å². The molecule has 5 nitrogen and oxygen atoms in total. The number of nitrogens with zero attached hydrogens (tertiary/aromatic N) is 3. The average molecular weight is 226 g/mol. The Balaban J connectivity index is 2.25. The Morgan fingerprint density at radius 1 is 1.29 bits per heavy atom. The largest absolute Gasteiger partial charge is 0.422 e. The lowest BCUT2D eigenvalue weighted by Gasteiger charge is -2.06. The molecule has 0 aliphatic carbocycles. The molecule has 0 saturated heterocycles. The van der Waals surface area contributed by atoms with Gasteiger partial charge in [0.15, 0.2) is 5.75 Å². The number of benzene rings is 1. The molecule has 0 aliphatic rings. The van der Waals surface area contributed by atoms with Crippen LogP contribution in [0, 0.1) is 18.3 Å². The number of aromatic nitrogens is 2. The van der Waals surface area contributed by atoms with Gasteiger partial charge in [-0.1, -0.05) is 0 Å². The van der Waals surface area contributed by atoms with Gasteiger partial charge in [-0.25, -0.2) is 9.97 Å². The predicted octanol–water partition coefficient (Wildman–Crippen LogP) is 2.03. The van der Waals surface area contributed by atoms with Crippen LogP contribution in [0.1, 0.15) is 11.1 Å². The molecule has 84 valence electrons. The first kappa shape index (κ1) is 10.9. The van der Waals surface area contributed by atoms with Crippen molar-refractivity contribution in [3.8, 4) is 17.8 Å². The zero-order valence-electron chi connectivity index (χ0n) is 9.21. The van der Waals surface area contributed by atoms with Gasteiger partial charge in [-0.05, 0) is 30.7 Å². The fourth-order valence-electron chi connectivity index (χ4n) is 1.24. The first-order valence-electron chi connectivity index (χ1n) is 4.95. The molecular formula is C12H10N4O. The van der Waals surface area contributed by atoms with Crippen LogP contribution in [0.3, 0.4) is 0 Å². The Morgan fingerprint density at radius 2 is 2.00 bits per heavy atom. The number of anilines is 1. The maximum absolute atomic E-state index is 8.70. The summed E-state index contributed by atoms with van der Waals surface area (Å²) in [5, 5.41) is 8.70. The standard InChI is InChI=1S/C12H10N4O/c1-8-6-15-12(16-7-8)17-11-3-2-9(5-13)4-10(11)14/h2-4,6-7H,14H2,1H3. The van der Waals surface area contributed by atoms with Crippen molar-refractivity contribution in [1.29, 1.82) is 5.26 Å². The third-order valence-electron chi connectivity index (χ3n) is 2.10. The van der Waals surface area contributed by atoms with Crippen molar-refractivity contribution < 1.29 is 4.74 Å². The quantitative estimate of drug-likeness (QED) is 0.792. The number of hydrogen-bond acceptors (Lipinski definition) is 5. The highest BCUT2D eigenvalue weighted by Gasteiger charge is 2.05. The van der Waals surface area contributed by atoms with Crippen LogP contribution in [-0.4, -0.2) is 9.97 Å². The fraction of sp³-hybridized carbons (Fsp3) is 0.0833. The van der Waals surface area contributed by atoms with Crippen molar-refractivity contribution >= 4 is 5.69 Å². The molecule has 17 heavy (non-hydrogen) atoms. The number of rotatable bonds is 2. The van der Waals surface area contributed by atoms with Crippen molar-refractivity contribution in [2.45, 2.75) is 6.92 Å². The van der Waals surface area contributed by atoms with Crippen molar-refractivity contribution in [2.24, 2.45) is 0 Å². The summed E-state index contributed by atoms with van der Waals surface area (Å²) in [6.45, 7) is 1.89. The van der Waals surface area contributed by atoms with E-state index in [1.807, 2.05) is 13.0 Å². The lowest BCUT2D eigenvalue weighted by molar-refractivity contribution is 0.443. The van der Waals surface area contributed by atoms with Crippen LogP contribution >= 0.6 is 0 Å². The topological polar surface area (TPSA) is 84.8 Å². The second-order valence-corrected chi connectivity index (χ2v) is 3.51. The third-order valence-corrected chi connectivity index (χ3v) is 2.10. The minimum atomic E-state index is 0.229. The van der Waals surface area contributed by atoms with E-state index in [9.17, 15) is 0 Å². The van der Waals surface area contributed by atoms with Crippen molar-refractivity contribution in [1.82, 2.24) is 9.97 Å². The van der Waals surface area contributed by atoms with E-state index >= 15 is 0 Å². The summed E-state index contributed by atoms with van der Waals surface area (Å²) in [5.41, 5.74) is 7.56. The zero-order valence-corrected chi connectivity index (χ0v) is 9.21. The summed E-state index contributed by atoms with van der Waals surface area (Å²) in [6, 6.07) is 7.02. The van der Waals surface area contributed by atoms with Gasteiger partial charge in [0.25, 0.3) is 0 Å². The molecule has 0 aliphatic heterocycles. The van der Waals surface area contributed by atoms with Crippen LogP contribution in [0.5, 0.6) is 11.8 Å². The molecule has 0 atom stereocenters. The minimum Gasteiger partial charge on any atom is -0.422 e. The highest BCUT2D eigenvalue weighted by Crippen LogP contribution is 2.25. The van der Waals surface area contributed by atoms with Crippen molar-refractivity contribution in [3.05, 3.63) is 41.7 Å². The lowest BCUT2D eigenvalue weighted by Crippen LogP contribution is -1.96. The SMILES string of the molecule is Cc1cnc(Oc2ccc(C#N)cc2N)nc1. The first-order valence-corrected chi connectivity index (χ1v) is 4.95. The molecule has 0 amide bonds. The summed E-state index contributed by atoms with van der Waals surface area (Å²) in [7, 11) is 0. The Kier molecular flexibility index (Phi) is 2.88. The van der Waals surface area contributed by atoms with Gasteiger partial charge in [0, 0.05) is 12.4 Å². The zero-order chi connectivity index (χ0) is 12.3. The Morgan fingerprint density at radius 3 is 2.59 bits per heavy atom. The van der Waals surface area contributed by atoms with Gasteiger partial charge in [0.1, 0.15) is 0 Å². The van der Waals surface area contributed by atoms with Crippen LogP contribution in [0.4, 0.5) is 5.69 Å². The number of aryl methyl sites for hydroxylation is 1. The Hall–Kier alpha value is -2.61. The molecule has 1 aromatic heterocycles. The minimum absolute atomic E-state index is 0.229. The molecule has 0 bridgehead atoms. The van der Waals surface area contributed by atoms with Crippen LogP contribution in [0.25, 0.3) is 0 Å². The molecular weight excluding hydrogens is 216 g/mol. The van der Waals surface area contributed by atoms with Gasteiger partial charge < -0.3 is 10.5 Å². The molecule has 0 unspecified atom stereocenters. The highest BCUT2D eigenvalue weighted by molar-refractivity contribution is 5.57. The van der Waals surface area contributed by atoms with E-state index in [0.717, 1.165) is 5.56 Å². The summed E-state index contributed by atoms with van der Waals surface area (Å²) >= 11 is 0. The normalized spacial score (nSPS) is 9.65. The summed E-state index contributed by atoms with van der Waals surface area (Å²) in [6.07, 6.45) is 3.31. The van der Waals surface area contributed by atoms with Gasteiger partial charge in [-0.3, -0.25) is 0 Å². The van der Waals surface area contributed by atoms with Gasteiger partial charge in [0.2, 0.25) is 0 Å². The van der Waals surface area contributed by atoms with Crippen molar-refractivity contribution in [3.63, 3.8) is 0 Å². The van der Waals surface area contributed by atoms with Gasteiger partial charge in [-0.15, -0.1) is 0 Å². The fourth-order valence-corrected chi connectivity index (χ4v) is 1.24. The van der Waals surface area contributed by atoms with E-state index in [-0.39, 0.29) is 6.01 Å². The molecule has 0 fully saturated rings. The summed E-state index contributed by atoms with van der Waals surface area (Å²) in [4.78, 5) is 8.01. The maximum atomic E-state index is 8.70. The van der Waals surface area contributed by atoms with Gasteiger partial charge in [0.05, 0.1) is 17.3 Å². The third kappa shape index (κ3) is 2.49. The van der Waals surface area contributed by atoms with Gasteiger partial charge >= 0.3 is 6.01 Å². The van der Waals surface area contributed by atoms with Gasteiger partial charge in [-0.2, -0.15) is 5.26 Å². The monoisotopic (exact) mass is 226 g/mol. The summed E-state index contributed by atoms with van der Waals surface area (Å²) < 4.78 is 5.41. The van der Waals surface area contributed by atoms with Crippen LogP contribution in [-0.2, 0) is 0 Å². The highest BCUT2D eigenvalue weighted by atomic mass is 16.5. The number of hydrogen-bond donors (Lipinski definition) is 1. The van der Waals surface area contributed by atoms with E-state index < -0.39 is 0 Å². The number of nitriles is 1. The first-order chi connectivity index (χ1) is 8.19. The van der Waals surface area contributed by atoms with Crippen LogP contribution < -0.4 is 10.5 Å². The molecule has 0 spiro atoms. The molecule has 0 saturated carbocycles. The Labute approximate surface area is 98.5 Å². The maximum Gasteiger partial charge on any atom is 0.321 e. The van der Waals surface area contributed by atoms with Crippen LogP contribution in [0.2, 0.25) is 0 Å². The van der Waals surface area contributed by atoms with E-state index in [0.29, 0.717) is 17.0 Å². The number of nitrogen functional groups attached to an aromatic ring is 1. The predicted molar refractivity (Wildman–Crippen MR) is 62.4 cm³/mol. The van der Waals surface area contributed by atoms with E-state index in [4.69, 9.17) is 15.7 Å². The smallest absolute Gasteiger partial charge is 0.321 e. The molecule has 0 radical (unpaired) electrons. The molecule has 1 heterocycles. The van der Waals surface area contributed by atoms with Crippen molar-refractivity contribution in [2.75, 3.05) is 5.73 Å². The average Bonchev–Trinajstić information content (AvgIpc) is 2.34. The van der Waals surface area contributed by atoms with Crippen LogP contribution in [0.15, 0.2) is 30.6 Å². The second-order valence-electron chi connectivity index (χ2n) is 3.51. The Bertz CT molecular complexity index is 572. The number of nitrogens with two attached hydrogens (primary N) is 1. The molecule has 2 N–H and O–H groups in total. The molecule has 1 aromatic carbocycles. The molecule has 2 aromatic rings. The van der Waals surface area contributed by atoms with E-state index in [1.54, 1.807) is 30.6 Å². The van der Waals surface area contributed by atoms with E-state index in [1.165, 1.54) is 0 Å². The number of ether oxygens (including phenoxy) is 1. The summed E-state index contributed by atoms with van der Waals surface area (Å²) in [5.74, 6) is 0.438. The molecule has 2 rings (SSSR count). The second kappa shape index (κ2) is 4.49.